The van der Waals surface area contributed by atoms with E-state index in [1.54, 1.807) is 24.3 Å². The van der Waals surface area contributed by atoms with E-state index < -0.39 is 10.0 Å². The average molecular weight is 412 g/mol. The van der Waals surface area contributed by atoms with Gasteiger partial charge >= 0.3 is 0 Å². The molecule has 3 aromatic rings. The summed E-state index contributed by atoms with van der Waals surface area (Å²) in [4.78, 5) is 0.258. The molecule has 28 heavy (non-hydrogen) atoms. The van der Waals surface area contributed by atoms with Gasteiger partial charge in [-0.15, -0.1) is 0 Å². The van der Waals surface area contributed by atoms with Crippen LogP contribution < -0.4 is 4.72 Å². The number of rotatable bonds is 6. The zero-order valence-electron chi connectivity index (χ0n) is 15.8. The van der Waals surface area contributed by atoms with Crippen molar-refractivity contribution in [3.63, 3.8) is 0 Å². The van der Waals surface area contributed by atoms with E-state index in [0.717, 1.165) is 27.8 Å². The molecule has 5 heteroatoms. The second-order valence-electron chi connectivity index (χ2n) is 6.73. The largest absolute Gasteiger partial charge is 0.240 e. The van der Waals surface area contributed by atoms with E-state index in [1.807, 2.05) is 68.5 Å². The van der Waals surface area contributed by atoms with Crippen LogP contribution in [0.15, 0.2) is 77.7 Å². The fourth-order valence-corrected chi connectivity index (χ4v) is 3.95. The predicted octanol–water partition coefficient (Wildman–Crippen LogP) is 5.48. The summed E-state index contributed by atoms with van der Waals surface area (Å²) in [6, 6.07) is 22.3. The third-order valence-electron chi connectivity index (χ3n) is 4.38. The molecular formula is C23H22ClNO2S. The summed E-state index contributed by atoms with van der Waals surface area (Å²) in [6.07, 6.45) is 1.97. The summed E-state index contributed by atoms with van der Waals surface area (Å²) in [5.41, 5.74) is 4.93. The molecule has 0 fully saturated rings. The Bertz CT molecular complexity index is 1090. The van der Waals surface area contributed by atoms with Crippen LogP contribution in [0.25, 0.3) is 11.6 Å². The highest BCUT2D eigenvalue weighted by Crippen LogP contribution is 2.21. The Morgan fingerprint density at radius 1 is 0.929 bits per heavy atom. The molecule has 0 bridgehead atoms. The maximum Gasteiger partial charge on any atom is 0.240 e. The van der Waals surface area contributed by atoms with Gasteiger partial charge < -0.3 is 0 Å². The molecule has 3 nitrogen and oxygen atoms in total. The summed E-state index contributed by atoms with van der Waals surface area (Å²) in [5, 5.41) is 0.661. The van der Waals surface area contributed by atoms with Crippen LogP contribution >= 0.6 is 11.6 Å². The molecule has 0 saturated heterocycles. The highest BCUT2D eigenvalue weighted by atomic mass is 35.5. The minimum absolute atomic E-state index is 0.183. The van der Waals surface area contributed by atoms with E-state index in [4.69, 9.17) is 11.6 Å². The maximum atomic E-state index is 12.7. The number of aryl methyl sites for hydroxylation is 2. The van der Waals surface area contributed by atoms with Gasteiger partial charge in [0.25, 0.3) is 0 Å². The molecule has 0 atom stereocenters. The summed E-state index contributed by atoms with van der Waals surface area (Å²) >= 11 is 5.97. The summed E-state index contributed by atoms with van der Waals surface area (Å²) in [5.74, 6) is 0. The third-order valence-corrected chi connectivity index (χ3v) is 6.05. The number of sulfonamides is 1. The number of hydrogen-bond acceptors (Lipinski definition) is 2. The second-order valence-corrected chi connectivity index (χ2v) is 8.93. The molecule has 0 spiro atoms. The molecule has 144 valence electrons. The van der Waals surface area contributed by atoms with Gasteiger partial charge in [-0.05, 0) is 60.9 Å². The molecule has 0 amide bonds. The van der Waals surface area contributed by atoms with Gasteiger partial charge in [0.05, 0.1) is 4.90 Å². The van der Waals surface area contributed by atoms with E-state index in [0.29, 0.717) is 5.02 Å². The van der Waals surface area contributed by atoms with Crippen LogP contribution in [-0.2, 0) is 10.0 Å². The van der Waals surface area contributed by atoms with E-state index >= 15 is 0 Å². The van der Waals surface area contributed by atoms with Crippen LogP contribution in [0, 0.1) is 13.8 Å². The Labute approximate surface area is 171 Å². The van der Waals surface area contributed by atoms with Crippen molar-refractivity contribution in [2.75, 3.05) is 6.54 Å². The van der Waals surface area contributed by atoms with Crippen molar-refractivity contribution in [2.24, 2.45) is 0 Å². The molecule has 0 aliphatic rings. The smallest absolute Gasteiger partial charge is 0.207 e. The van der Waals surface area contributed by atoms with Gasteiger partial charge in [0.15, 0.2) is 0 Å². The Kier molecular flexibility index (Phi) is 6.35. The van der Waals surface area contributed by atoms with Gasteiger partial charge in [0, 0.05) is 11.6 Å². The van der Waals surface area contributed by atoms with Gasteiger partial charge in [0.2, 0.25) is 10.0 Å². The fourth-order valence-electron chi connectivity index (χ4n) is 2.81. The molecule has 0 aliphatic carbocycles. The zero-order chi connectivity index (χ0) is 20.1. The lowest BCUT2D eigenvalue weighted by Gasteiger charge is -2.12. The molecule has 3 aromatic carbocycles. The number of halogens is 1. The number of hydrogen-bond donors (Lipinski definition) is 1. The minimum Gasteiger partial charge on any atom is -0.207 e. The molecule has 0 radical (unpaired) electrons. The zero-order valence-corrected chi connectivity index (χ0v) is 17.4. The summed E-state index contributed by atoms with van der Waals surface area (Å²) < 4.78 is 28.1. The quantitative estimate of drug-likeness (QED) is 0.546. The molecule has 0 aromatic heterocycles. The molecule has 0 heterocycles. The van der Waals surface area contributed by atoms with Crippen LogP contribution in [0.3, 0.4) is 0 Å². The first-order valence-electron chi connectivity index (χ1n) is 8.93. The van der Waals surface area contributed by atoms with Crippen LogP contribution in [0.4, 0.5) is 0 Å². The van der Waals surface area contributed by atoms with E-state index in [-0.39, 0.29) is 11.4 Å². The van der Waals surface area contributed by atoms with E-state index in [1.165, 1.54) is 0 Å². The van der Waals surface area contributed by atoms with Crippen LogP contribution in [0.1, 0.15) is 22.3 Å². The molecule has 0 aliphatic heterocycles. The maximum absolute atomic E-state index is 12.7. The lowest BCUT2D eigenvalue weighted by atomic mass is 10.0. The number of benzene rings is 3. The highest BCUT2D eigenvalue weighted by molar-refractivity contribution is 7.89. The fraction of sp³-hybridized carbons (Fsp3) is 0.130. The molecule has 0 unspecified atom stereocenters. The first-order chi connectivity index (χ1) is 13.3. The average Bonchev–Trinajstić information content (AvgIpc) is 2.67. The Morgan fingerprint density at radius 3 is 2.25 bits per heavy atom. The summed E-state index contributed by atoms with van der Waals surface area (Å²) in [7, 11) is -3.60. The van der Waals surface area contributed by atoms with Gasteiger partial charge in [-0.2, -0.15) is 0 Å². The van der Waals surface area contributed by atoms with Crippen molar-refractivity contribution < 1.29 is 8.42 Å². The second kappa shape index (κ2) is 8.74. The van der Waals surface area contributed by atoms with Gasteiger partial charge in [-0.25, -0.2) is 13.1 Å². The third kappa shape index (κ3) is 5.32. The van der Waals surface area contributed by atoms with Crippen molar-refractivity contribution in [1.82, 2.24) is 4.72 Å². The Balaban J connectivity index is 1.91. The predicted molar refractivity (Wildman–Crippen MR) is 117 cm³/mol. The minimum atomic E-state index is -3.60. The SMILES string of the molecule is Cc1ccc(S(=O)(=O)NC/C(=C/c2ccc(Cl)cc2)c2cccc(C)c2)cc1. The topological polar surface area (TPSA) is 46.2 Å². The lowest BCUT2D eigenvalue weighted by molar-refractivity contribution is 0.586. The summed E-state index contributed by atoms with van der Waals surface area (Å²) in [6.45, 7) is 4.12. The first kappa shape index (κ1) is 20.3. The molecule has 1 N–H and O–H groups in total. The van der Waals surface area contributed by atoms with Gasteiger partial charge in [-0.3, -0.25) is 0 Å². The molecule has 3 rings (SSSR count). The van der Waals surface area contributed by atoms with Crippen molar-refractivity contribution in [3.8, 4) is 0 Å². The van der Waals surface area contributed by atoms with Crippen molar-refractivity contribution in [1.29, 1.82) is 0 Å². The van der Waals surface area contributed by atoms with Crippen LogP contribution in [-0.4, -0.2) is 15.0 Å². The van der Waals surface area contributed by atoms with Gasteiger partial charge in [0.1, 0.15) is 0 Å². The highest BCUT2D eigenvalue weighted by Gasteiger charge is 2.15. The molecular weight excluding hydrogens is 390 g/mol. The van der Waals surface area contributed by atoms with Crippen LogP contribution in [0.5, 0.6) is 0 Å². The first-order valence-corrected chi connectivity index (χ1v) is 10.8. The Hall–Kier alpha value is -2.40. The van der Waals surface area contributed by atoms with E-state index in [2.05, 4.69) is 4.72 Å². The molecule has 0 saturated carbocycles. The van der Waals surface area contributed by atoms with Crippen molar-refractivity contribution >= 4 is 33.3 Å². The van der Waals surface area contributed by atoms with Gasteiger partial charge in [-0.1, -0.05) is 71.3 Å². The van der Waals surface area contributed by atoms with Crippen LogP contribution in [0.2, 0.25) is 5.02 Å². The Morgan fingerprint density at radius 2 is 1.61 bits per heavy atom. The lowest BCUT2D eigenvalue weighted by Crippen LogP contribution is -2.25. The van der Waals surface area contributed by atoms with Crippen molar-refractivity contribution in [2.45, 2.75) is 18.7 Å². The van der Waals surface area contributed by atoms with Crippen molar-refractivity contribution in [3.05, 3.63) is 100 Å². The normalized spacial score (nSPS) is 12.2. The standard InChI is InChI=1S/C23H22ClNO2S/c1-17-6-12-23(13-7-17)28(26,27)25-16-21(20-5-3-4-18(2)14-20)15-19-8-10-22(24)11-9-19/h3-15,25H,16H2,1-2H3/b21-15-. The van der Waals surface area contributed by atoms with E-state index in [9.17, 15) is 8.42 Å². The monoisotopic (exact) mass is 411 g/mol. The number of nitrogens with one attached hydrogen (secondary N) is 1.